The number of quaternary nitrogens is 1. The van der Waals surface area contributed by atoms with Gasteiger partial charge in [0.05, 0.1) is 31.7 Å². The highest BCUT2D eigenvalue weighted by Gasteiger charge is 2.24. The lowest BCUT2D eigenvalue weighted by Crippen LogP contribution is -3.13. The van der Waals surface area contributed by atoms with Crippen LogP contribution in [0.3, 0.4) is 0 Å². The second kappa shape index (κ2) is 7.03. The van der Waals surface area contributed by atoms with Crippen LogP contribution in [-0.4, -0.2) is 42.0 Å². The fourth-order valence-corrected chi connectivity index (χ4v) is 3.51. The van der Waals surface area contributed by atoms with E-state index in [-0.39, 0.29) is 5.91 Å². The van der Waals surface area contributed by atoms with Crippen molar-refractivity contribution in [3.63, 3.8) is 0 Å². The van der Waals surface area contributed by atoms with E-state index < -0.39 is 0 Å². The standard InChI is InChI=1S/C21H21N3O/c25-21(20-6-3-9-22-15-20)24-12-10-23(11-13-24)16-17-7-8-18-4-1-2-5-19(18)14-17/h1-9,14-15H,10-13,16H2/p+1. The molecule has 1 fully saturated rings. The van der Waals surface area contributed by atoms with Crippen molar-refractivity contribution in [2.75, 3.05) is 26.2 Å². The minimum Gasteiger partial charge on any atom is -0.328 e. The number of aromatic nitrogens is 1. The van der Waals surface area contributed by atoms with Crippen molar-refractivity contribution in [3.05, 3.63) is 78.1 Å². The molecule has 0 radical (unpaired) electrons. The Hall–Kier alpha value is -2.72. The molecular weight excluding hydrogens is 310 g/mol. The van der Waals surface area contributed by atoms with Crippen LogP contribution in [0.15, 0.2) is 67.0 Å². The lowest BCUT2D eigenvalue weighted by Gasteiger charge is -2.32. The van der Waals surface area contributed by atoms with Gasteiger partial charge in [0, 0.05) is 18.0 Å². The van der Waals surface area contributed by atoms with Gasteiger partial charge in [-0.05, 0) is 29.0 Å². The average Bonchev–Trinajstić information content (AvgIpc) is 2.69. The zero-order valence-electron chi connectivity index (χ0n) is 14.2. The number of benzene rings is 2. The summed E-state index contributed by atoms with van der Waals surface area (Å²) < 4.78 is 0. The summed E-state index contributed by atoms with van der Waals surface area (Å²) in [5.74, 6) is 0.0952. The molecule has 126 valence electrons. The van der Waals surface area contributed by atoms with Gasteiger partial charge in [-0.15, -0.1) is 0 Å². The molecule has 0 spiro atoms. The average molecular weight is 332 g/mol. The summed E-state index contributed by atoms with van der Waals surface area (Å²) in [5, 5.41) is 2.58. The quantitative estimate of drug-likeness (QED) is 0.794. The van der Waals surface area contributed by atoms with Gasteiger partial charge in [0.15, 0.2) is 0 Å². The van der Waals surface area contributed by atoms with Gasteiger partial charge in [0.1, 0.15) is 6.54 Å². The van der Waals surface area contributed by atoms with Gasteiger partial charge in [-0.1, -0.05) is 36.4 Å². The summed E-state index contributed by atoms with van der Waals surface area (Å²) in [6.45, 7) is 4.59. The van der Waals surface area contributed by atoms with Crippen molar-refractivity contribution in [2.45, 2.75) is 6.54 Å². The summed E-state index contributed by atoms with van der Waals surface area (Å²) >= 11 is 0. The van der Waals surface area contributed by atoms with Crippen molar-refractivity contribution >= 4 is 16.7 Å². The Morgan fingerprint density at radius 3 is 2.56 bits per heavy atom. The summed E-state index contributed by atoms with van der Waals surface area (Å²) in [6, 6.07) is 18.8. The van der Waals surface area contributed by atoms with Crippen LogP contribution >= 0.6 is 0 Å². The first kappa shape index (κ1) is 15.8. The number of fused-ring (bicyclic) bond motifs is 1. The molecule has 3 aromatic rings. The van der Waals surface area contributed by atoms with Crippen LogP contribution < -0.4 is 4.90 Å². The molecule has 4 nitrogen and oxygen atoms in total. The number of rotatable bonds is 3. The van der Waals surface area contributed by atoms with Crippen LogP contribution in [-0.2, 0) is 6.54 Å². The van der Waals surface area contributed by atoms with E-state index in [2.05, 4.69) is 47.4 Å². The number of hydrogen-bond acceptors (Lipinski definition) is 2. The van der Waals surface area contributed by atoms with E-state index in [4.69, 9.17) is 0 Å². The maximum absolute atomic E-state index is 12.5. The van der Waals surface area contributed by atoms with Crippen molar-refractivity contribution < 1.29 is 9.69 Å². The molecule has 0 unspecified atom stereocenters. The van der Waals surface area contributed by atoms with Gasteiger partial charge in [-0.25, -0.2) is 0 Å². The second-order valence-corrected chi connectivity index (χ2v) is 6.64. The number of amides is 1. The predicted molar refractivity (Wildman–Crippen MR) is 98.5 cm³/mol. The fraction of sp³-hybridized carbons (Fsp3) is 0.238. The molecule has 4 heteroatoms. The van der Waals surface area contributed by atoms with E-state index in [1.807, 2.05) is 17.0 Å². The van der Waals surface area contributed by atoms with E-state index in [9.17, 15) is 4.79 Å². The lowest BCUT2D eigenvalue weighted by atomic mass is 10.1. The Morgan fingerprint density at radius 1 is 1.00 bits per heavy atom. The van der Waals surface area contributed by atoms with Crippen molar-refractivity contribution in [1.82, 2.24) is 9.88 Å². The third kappa shape index (κ3) is 3.54. The first-order chi connectivity index (χ1) is 12.3. The maximum atomic E-state index is 12.5. The van der Waals surface area contributed by atoms with E-state index in [1.165, 1.54) is 21.2 Å². The van der Waals surface area contributed by atoms with Gasteiger partial charge in [0.25, 0.3) is 5.91 Å². The normalized spacial score (nSPS) is 15.4. The van der Waals surface area contributed by atoms with E-state index >= 15 is 0 Å². The summed E-state index contributed by atoms with van der Waals surface area (Å²) in [4.78, 5) is 20.0. The summed E-state index contributed by atoms with van der Waals surface area (Å²) in [7, 11) is 0. The molecule has 25 heavy (non-hydrogen) atoms. The van der Waals surface area contributed by atoms with E-state index in [1.54, 1.807) is 12.4 Å². The maximum Gasteiger partial charge on any atom is 0.255 e. The molecule has 4 rings (SSSR count). The minimum absolute atomic E-state index is 0.0952. The van der Waals surface area contributed by atoms with Crippen LogP contribution in [0, 0.1) is 0 Å². The monoisotopic (exact) mass is 332 g/mol. The van der Waals surface area contributed by atoms with Crippen molar-refractivity contribution in [2.24, 2.45) is 0 Å². The Bertz CT molecular complexity index is 870. The van der Waals surface area contributed by atoms with Crippen LogP contribution in [0.5, 0.6) is 0 Å². The third-order valence-corrected chi connectivity index (χ3v) is 4.93. The Morgan fingerprint density at radius 2 is 1.80 bits per heavy atom. The first-order valence-electron chi connectivity index (χ1n) is 8.80. The third-order valence-electron chi connectivity index (χ3n) is 4.93. The zero-order valence-corrected chi connectivity index (χ0v) is 14.2. The number of nitrogens with one attached hydrogen (secondary N) is 1. The summed E-state index contributed by atoms with van der Waals surface area (Å²) in [6.07, 6.45) is 3.35. The summed E-state index contributed by atoms with van der Waals surface area (Å²) in [5.41, 5.74) is 2.04. The molecule has 1 N–H and O–H groups in total. The molecule has 1 aliphatic heterocycles. The molecule has 0 bridgehead atoms. The SMILES string of the molecule is O=C(c1cccnc1)N1CC[NH+](Cc2ccc3ccccc3c2)CC1. The molecule has 2 aromatic carbocycles. The van der Waals surface area contributed by atoms with Crippen LogP contribution in [0.1, 0.15) is 15.9 Å². The number of carbonyl (C=O) groups excluding carboxylic acids is 1. The van der Waals surface area contributed by atoms with Crippen LogP contribution in [0.4, 0.5) is 0 Å². The lowest BCUT2D eigenvalue weighted by molar-refractivity contribution is -0.917. The van der Waals surface area contributed by atoms with Crippen LogP contribution in [0.25, 0.3) is 10.8 Å². The second-order valence-electron chi connectivity index (χ2n) is 6.64. The molecule has 1 amide bonds. The fourth-order valence-electron chi connectivity index (χ4n) is 3.51. The molecule has 0 aliphatic carbocycles. The molecule has 1 aliphatic rings. The molecule has 0 saturated carbocycles. The number of piperazine rings is 1. The molecular formula is C21H22N3O+. The number of nitrogens with zero attached hydrogens (tertiary/aromatic N) is 2. The molecule has 1 saturated heterocycles. The largest absolute Gasteiger partial charge is 0.328 e. The highest BCUT2D eigenvalue weighted by Crippen LogP contribution is 2.15. The topological polar surface area (TPSA) is 37.6 Å². The Kier molecular flexibility index (Phi) is 4.44. The Labute approximate surface area is 147 Å². The minimum atomic E-state index is 0.0952. The highest BCUT2D eigenvalue weighted by atomic mass is 16.2. The van der Waals surface area contributed by atoms with Crippen LogP contribution in [0.2, 0.25) is 0 Å². The van der Waals surface area contributed by atoms with E-state index in [0.29, 0.717) is 5.56 Å². The smallest absolute Gasteiger partial charge is 0.255 e. The number of carbonyl (C=O) groups is 1. The first-order valence-corrected chi connectivity index (χ1v) is 8.80. The van der Waals surface area contributed by atoms with Gasteiger partial charge < -0.3 is 9.80 Å². The molecule has 2 heterocycles. The highest BCUT2D eigenvalue weighted by molar-refractivity contribution is 5.93. The van der Waals surface area contributed by atoms with E-state index in [0.717, 1.165) is 32.7 Å². The Balaban J connectivity index is 1.37. The number of pyridine rings is 1. The van der Waals surface area contributed by atoms with Gasteiger partial charge in [-0.3, -0.25) is 9.78 Å². The molecule has 1 aromatic heterocycles. The number of hydrogen-bond donors (Lipinski definition) is 1. The zero-order chi connectivity index (χ0) is 17.1. The van der Waals surface area contributed by atoms with Gasteiger partial charge in [0.2, 0.25) is 0 Å². The van der Waals surface area contributed by atoms with Gasteiger partial charge >= 0.3 is 0 Å². The van der Waals surface area contributed by atoms with Crippen molar-refractivity contribution in [1.29, 1.82) is 0 Å². The molecule has 0 atom stereocenters. The van der Waals surface area contributed by atoms with Crippen molar-refractivity contribution in [3.8, 4) is 0 Å². The predicted octanol–water partition coefficient (Wildman–Crippen LogP) is 1.78. The van der Waals surface area contributed by atoms with Gasteiger partial charge in [-0.2, -0.15) is 0 Å².